The summed E-state index contributed by atoms with van der Waals surface area (Å²) in [5, 5.41) is 7.28. The minimum Gasteiger partial charge on any atom is -0.359 e. The summed E-state index contributed by atoms with van der Waals surface area (Å²) in [6, 6.07) is 8.65. The molecule has 6 heteroatoms. The van der Waals surface area contributed by atoms with Crippen LogP contribution in [0.2, 0.25) is 5.02 Å². The van der Waals surface area contributed by atoms with Crippen LogP contribution in [0, 0.1) is 5.92 Å². The molecule has 2 N–H and O–H groups in total. The highest BCUT2D eigenvalue weighted by molar-refractivity contribution is 14.0. The predicted octanol–water partition coefficient (Wildman–Crippen LogP) is 3.14. The zero-order valence-corrected chi connectivity index (χ0v) is 16.6. The van der Waals surface area contributed by atoms with Crippen molar-refractivity contribution in [3.8, 4) is 0 Å². The average Bonchev–Trinajstić information content (AvgIpc) is 2.48. The highest BCUT2D eigenvalue weighted by atomic mass is 127. The van der Waals surface area contributed by atoms with E-state index in [1.165, 1.54) is 18.4 Å². The van der Waals surface area contributed by atoms with Crippen molar-refractivity contribution in [3.63, 3.8) is 0 Å². The lowest BCUT2D eigenvalue weighted by Gasteiger charge is -2.40. The number of piperidine rings is 1. The van der Waals surface area contributed by atoms with Crippen LogP contribution in [0.15, 0.2) is 29.3 Å². The Morgan fingerprint density at radius 1 is 1.45 bits per heavy atom. The quantitative estimate of drug-likeness (QED) is 0.434. The Balaban J connectivity index is 0.00000242. The molecule has 1 fully saturated rings. The van der Waals surface area contributed by atoms with Crippen molar-refractivity contribution >= 4 is 41.5 Å². The number of likely N-dealkylation sites (tertiary alicyclic amines) is 1. The van der Waals surface area contributed by atoms with Gasteiger partial charge in [-0.1, -0.05) is 23.7 Å². The second kappa shape index (κ2) is 9.57. The maximum absolute atomic E-state index is 6.17. The fourth-order valence-corrected chi connectivity index (χ4v) is 3.40. The molecule has 0 amide bonds. The Bertz CT molecular complexity index is 495. The summed E-state index contributed by atoms with van der Waals surface area (Å²) in [5.41, 5.74) is 1.30. The van der Waals surface area contributed by atoms with E-state index in [4.69, 9.17) is 11.6 Å². The zero-order valence-electron chi connectivity index (χ0n) is 13.5. The van der Waals surface area contributed by atoms with Crippen LogP contribution in [-0.4, -0.2) is 45.1 Å². The maximum Gasteiger partial charge on any atom is 0.190 e. The van der Waals surface area contributed by atoms with Crippen LogP contribution >= 0.6 is 35.6 Å². The summed E-state index contributed by atoms with van der Waals surface area (Å²) in [5.74, 6) is 1.39. The maximum atomic E-state index is 6.17. The van der Waals surface area contributed by atoms with E-state index in [1.807, 2.05) is 19.2 Å². The molecule has 0 aromatic heterocycles. The van der Waals surface area contributed by atoms with Crippen LogP contribution in [0.1, 0.15) is 24.4 Å². The molecule has 0 radical (unpaired) electrons. The number of guanidine groups is 1. The first-order valence-corrected chi connectivity index (χ1v) is 7.87. The summed E-state index contributed by atoms with van der Waals surface area (Å²) >= 11 is 6.17. The minimum absolute atomic E-state index is 0. The number of hydrogen-bond acceptors (Lipinski definition) is 2. The molecule has 1 saturated heterocycles. The van der Waals surface area contributed by atoms with Crippen molar-refractivity contribution < 1.29 is 0 Å². The van der Waals surface area contributed by atoms with Crippen LogP contribution < -0.4 is 10.6 Å². The van der Waals surface area contributed by atoms with Crippen LogP contribution in [0.3, 0.4) is 0 Å². The molecule has 1 aromatic carbocycles. The lowest BCUT2D eigenvalue weighted by molar-refractivity contribution is 0.122. The molecule has 2 unspecified atom stereocenters. The second-order valence-corrected chi connectivity index (χ2v) is 6.02. The third kappa shape index (κ3) is 4.99. The first-order chi connectivity index (χ1) is 10.2. The number of aliphatic imine (C=N–C) groups is 1. The first-order valence-electron chi connectivity index (χ1n) is 7.49. The molecule has 22 heavy (non-hydrogen) atoms. The van der Waals surface area contributed by atoms with Gasteiger partial charge >= 0.3 is 0 Å². The number of nitrogens with zero attached hydrogens (tertiary/aromatic N) is 2. The van der Waals surface area contributed by atoms with Crippen LogP contribution in [0.5, 0.6) is 0 Å². The fraction of sp³-hybridized carbons (Fsp3) is 0.562. The Morgan fingerprint density at radius 3 is 2.86 bits per heavy atom. The van der Waals surface area contributed by atoms with E-state index in [0.29, 0.717) is 12.0 Å². The number of nitrogens with one attached hydrogen (secondary N) is 2. The molecule has 2 rings (SSSR count). The van der Waals surface area contributed by atoms with Gasteiger partial charge in [0.25, 0.3) is 0 Å². The molecule has 0 aliphatic carbocycles. The highest BCUT2D eigenvalue weighted by Crippen LogP contribution is 2.35. The lowest BCUT2D eigenvalue weighted by Crippen LogP contribution is -2.44. The number of benzene rings is 1. The molecule has 124 valence electrons. The van der Waals surface area contributed by atoms with Gasteiger partial charge in [-0.2, -0.15) is 0 Å². The van der Waals surface area contributed by atoms with Gasteiger partial charge in [-0.15, -0.1) is 24.0 Å². The Kier molecular flexibility index (Phi) is 8.49. The highest BCUT2D eigenvalue weighted by Gasteiger charge is 2.30. The van der Waals surface area contributed by atoms with Crippen LogP contribution in [0.4, 0.5) is 0 Å². The van der Waals surface area contributed by atoms with Crippen molar-refractivity contribution in [2.45, 2.75) is 18.9 Å². The van der Waals surface area contributed by atoms with E-state index >= 15 is 0 Å². The largest absolute Gasteiger partial charge is 0.359 e. The Morgan fingerprint density at radius 2 is 2.23 bits per heavy atom. The third-order valence-electron chi connectivity index (χ3n) is 4.19. The summed E-state index contributed by atoms with van der Waals surface area (Å²) in [6.07, 6.45) is 2.45. The number of hydrogen-bond donors (Lipinski definition) is 2. The van der Waals surface area contributed by atoms with Gasteiger partial charge < -0.3 is 10.6 Å². The van der Waals surface area contributed by atoms with Crippen molar-refractivity contribution in [1.82, 2.24) is 15.5 Å². The first kappa shape index (κ1) is 19.5. The van der Waals surface area contributed by atoms with Crippen molar-refractivity contribution in [2.24, 2.45) is 10.9 Å². The van der Waals surface area contributed by atoms with E-state index in [2.05, 4.69) is 39.7 Å². The summed E-state index contributed by atoms with van der Waals surface area (Å²) in [4.78, 5) is 6.62. The van der Waals surface area contributed by atoms with E-state index in [1.54, 1.807) is 7.05 Å². The van der Waals surface area contributed by atoms with Gasteiger partial charge in [-0.05, 0) is 50.0 Å². The summed E-state index contributed by atoms with van der Waals surface area (Å²) in [7, 11) is 5.88. The van der Waals surface area contributed by atoms with E-state index in [-0.39, 0.29) is 24.0 Å². The van der Waals surface area contributed by atoms with E-state index in [9.17, 15) is 0 Å². The zero-order chi connectivity index (χ0) is 15.2. The van der Waals surface area contributed by atoms with E-state index < -0.39 is 0 Å². The molecule has 0 spiro atoms. The molecular weight excluding hydrogens is 411 g/mol. The smallest absolute Gasteiger partial charge is 0.190 e. The topological polar surface area (TPSA) is 39.7 Å². The van der Waals surface area contributed by atoms with E-state index in [0.717, 1.165) is 24.1 Å². The van der Waals surface area contributed by atoms with Gasteiger partial charge in [-0.3, -0.25) is 9.89 Å². The molecule has 0 bridgehead atoms. The molecule has 1 heterocycles. The van der Waals surface area contributed by atoms with Gasteiger partial charge in [0, 0.05) is 31.7 Å². The normalized spacial score (nSPS) is 22.8. The fourth-order valence-electron chi connectivity index (χ4n) is 3.20. The van der Waals surface area contributed by atoms with Gasteiger partial charge in [0.1, 0.15) is 0 Å². The van der Waals surface area contributed by atoms with Crippen molar-refractivity contribution in [3.05, 3.63) is 34.9 Å². The van der Waals surface area contributed by atoms with Gasteiger partial charge in [0.2, 0.25) is 0 Å². The molecule has 1 aliphatic rings. The van der Waals surface area contributed by atoms with Crippen LogP contribution in [-0.2, 0) is 0 Å². The lowest BCUT2D eigenvalue weighted by atomic mass is 9.85. The number of rotatable bonds is 3. The van der Waals surface area contributed by atoms with Gasteiger partial charge in [0.15, 0.2) is 5.96 Å². The SMILES string of the molecule is CN=C(NC)NCC1CCCN(C)C1c1cccc(Cl)c1.I. The Labute approximate surface area is 155 Å². The van der Waals surface area contributed by atoms with Crippen molar-refractivity contribution in [2.75, 3.05) is 34.2 Å². The molecular formula is C16H26ClIN4. The monoisotopic (exact) mass is 436 g/mol. The van der Waals surface area contributed by atoms with Gasteiger partial charge in [-0.25, -0.2) is 0 Å². The molecule has 1 aromatic rings. The molecule has 0 saturated carbocycles. The molecule has 4 nitrogen and oxygen atoms in total. The van der Waals surface area contributed by atoms with Crippen LogP contribution in [0.25, 0.3) is 0 Å². The number of halogens is 2. The second-order valence-electron chi connectivity index (χ2n) is 5.59. The molecule has 1 aliphatic heterocycles. The Hall–Kier alpha value is -0.530. The summed E-state index contributed by atoms with van der Waals surface area (Å²) in [6.45, 7) is 2.05. The van der Waals surface area contributed by atoms with Crippen molar-refractivity contribution in [1.29, 1.82) is 0 Å². The predicted molar refractivity (Wildman–Crippen MR) is 105 cm³/mol. The third-order valence-corrected chi connectivity index (χ3v) is 4.42. The average molecular weight is 437 g/mol. The molecule has 2 atom stereocenters. The minimum atomic E-state index is 0. The van der Waals surface area contributed by atoms with Gasteiger partial charge in [0.05, 0.1) is 0 Å². The standard InChI is InChI=1S/C16H25ClN4.HI/c1-18-16(19-2)20-11-13-7-5-9-21(3)15(13)12-6-4-8-14(17)10-12;/h4,6,8,10,13,15H,5,7,9,11H2,1-3H3,(H2,18,19,20);1H. The summed E-state index contributed by atoms with van der Waals surface area (Å²) < 4.78 is 0.